The van der Waals surface area contributed by atoms with E-state index in [4.69, 9.17) is 0 Å². The van der Waals surface area contributed by atoms with Crippen molar-refractivity contribution in [2.24, 2.45) is 0 Å². The normalized spacial score (nSPS) is 20.7. The Balaban J connectivity index is 2.08. The summed E-state index contributed by atoms with van der Waals surface area (Å²) in [5, 5.41) is 10.8. The Hall–Kier alpha value is -1.95. The van der Waals surface area contributed by atoms with Gasteiger partial charge in [-0.3, -0.25) is 14.9 Å². The van der Waals surface area contributed by atoms with Crippen LogP contribution in [0.2, 0.25) is 0 Å². The molecule has 1 aromatic carbocycles. The lowest BCUT2D eigenvalue weighted by atomic mass is 10.0. The summed E-state index contributed by atoms with van der Waals surface area (Å²) < 4.78 is 0.464. The van der Waals surface area contributed by atoms with Crippen LogP contribution in [0.4, 0.5) is 11.4 Å². The second-order valence-corrected chi connectivity index (χ2v) is 5.26. The van der Waals surface area contributed by atoms with Gasteiger partial charge < -0.3 is 0 Å². The fourth-order valence-corrected chi connectivity index (χ4v) is 3.16. The molecule has 0 unspecified atom stereocenters. The SMILES string of the molecule is O=C1Cc2cc([N+](=O)[O-])ccc2[N+]2(CCCCC2)N1. The Morgan fingerprint density at radius 3 is 2.63 bits per heavy atom. The molecule has 19 heavy (non-hydrogen) atoms. The van der Waals surface area contributed by atoms with E-state index in [0.29, 0.717) is 4.59 Å². The predicted molar refractivity (Wildman–Crippen MR) is 70.3 cm³/mol. The minimum Gasteiger partial charge on any atom is -0.270 e. The number of carbonyl (C=O) groups is 1. The maximum absolute atomic E-state index is 11.9. The van der Waals surface area contributed by atoms with E-state index in [9.17, 15) is 14.9 Å². The summed E-state index contributed by atoms with van der Waals surface area (Å²) in [5.41, 5.74) is 4.93. The van der Waals surface area contributed by atoms with E-state index in [2.05, 4.69) is 5.43 Å². The first-order chi connectivity index (χ1) is 9.11. The highest BCUT2D eigenvalue weighted by Crippen LogP contribution is 2.35. The van der Waals surface area contributed by atoms with E-state index < -0.39 is 4.92 Å². The number of nitro benzene ring substituents is 1. The van der Waals surface area contributed by atoms with Gasteiger partial charge in [0, 0.05) is 23.8 Å². The molecule has 0 aromatic heterocycles. The topological polar surface area (TPSA) is 72.2 Å². The molecule has 2 aliphatic rings. The van der Waals surface area contributed by atoms with Crippen molar-refractivity contribution in [3.63, 3.8) is 0 Å². The zero-order valence-corrected chi connectivity index (χ0v) is 10.6. The van der Waals surface area contributed by atoms with Crippen molar-refractivity contribution in [2.45, 2.75) is 25.7 Å². The Bertz CT molecular complexity index is 550. The second kappa shape index (κ2) is 4.31. The minimum absolute atomic E-state index is 0.0464. The summed E-state index contributed by atoms with van der Waals surface area (Å²) in [4.78, 5) is 22.3. The standard InChI is InChI=1S/C13H15N3O3/c17-13-9-10-8-11(15(18)19)4-5-12(10)16(14-13)6-2-1-3-7-16/h4-5,8H,1-3,6-7,9H2/p+1. The zero-order valence-electron chi connectivity index (χ0n) is 10.6. The summed E-state index contributed by atoms with van der Waals surface area (Å²) in [6.07, 6.45) is 3.54. The van der Waals surface area contributed by atoms with E-state index in [1.165, 1.54) is 12.5 Å². The maximum atomic E-state index is 11.9. The number of nitro groups is 1. The number of rotatable bonds is 1. The van der Waals surface area contributed by atoms with Crippen LogP contribution in [0.3, 0.4) is 0 Å². The van der Waals surface area contributed by atoms with Crippen LogP contribution in [0.5, 0.6) is 0 Å². The van der Waals surface area contributed by atoms with Gasteiger partial charge in [-0.05, 0) is 19.3 Å². The molecule has 0 radical (unpaired) electrons. The van der Waals surface area contributed by atoms with Gasteiger partial charge in [-0.15, -0.1) is 0 Å². The Labute approximate surface area is 110 Å². The first kappa shape index (κ1) is 12.1. The third-order valence-electron chi connectivity index (χ3n) is 4.00. The Morgan fingerprint density at radius 2 is 1.95 bits per heavy atom. The van der Waals surface area contributed by atoms with Gasteiger partial charge >= 0.3 is 0 Å². The minimum atomic E-state index is -0.409. The van der Waals surface area contributed by atoms with Crippen LogP contribution in [0.15, 0.2) is 18.2 Å². The summed E-state index contributed by atoms with van der Waals surface area (Å²) in [7, 11) is 0. The summed E-state index contributed by atoms with van der Waals surface area (Å²) in [6.45, 7) is 1.74. The van der Waals surface area contributed by atoms with Crippen LogP contribution in [0.25, 0.3) is 0 Å². The molecule has 3 rings (SSSR count). The lowest BCUT2D eigenvalue weighted by molar-refractivity contribution is -0.384. The van der Waals surface area contributed by atoms with E-state index >= 15 is 0 Å². The molecule has 1 N–H and O–H groups in total. The van der Waals surface area contributed by atoms with E-state index in [0.717, 1.165) is 37.2 Å². The number of hydrogen-bond donors (Lipinski definition) is 1. The van der Waals surface area contributed by atoms with Crippen LogP contribution < -0.4 is 10.0 Å². The van der Waals surface area contributed by atoms with Crippen molar-refractivity contribution in [2.75, 3.05) is 13.1 Å². The average molecular weight is 262 g/mol. The van der Waals surface area contributed by atoms with Crippen molar-refractivity contribution in [3.8, 4) is 0 Å². The molecule has 1 spiro atoms. The second-order valence-electron chi connectivity index (χ2n) is 5.26. The largest absolute Gasteiger partial charge is 0.270 e. The molecule has 100 valence electrons. The van der Waals surface area contributed by atoms with Gasteiger partial charge in [0.25, 0.3) is 11.6 Å². The number of carbonyl (C=O) groups excluding carboxylic acids is 1. The van der Waals surface area contributed by atoms with Gasteiger partial charge in [0.1, 0.15) is 13.1 Å². The van der Waals surface area contributed by atoms with Crippen LogP contribution in [-0.2, 0) is 11.2 Å². The molecule has 1 fully saturated rings. The van der Waals surface area contributed by atoms with Crippen molar-refractivity contribution in [1.82, 2.24) is 10.0 Å². The van der Waals surface area contributed by atoms with Gasteiger partial charge in [-0.1, -0.05) is 0 Å². The molecular weight excluding hydrogens is 246 g/mol. The van der Waals surface area contributed by atoms with Crippen LogP contribution in [-0.4, -0.2) is 23.9 Å². The third-order valence-corrected chi connectivity index (χ3v) is 4.00. The predicted octanol–water partition coefficient (Wildman–Crippen LogP) is 1.67. The highest BCUT2D eigenvalue weighted by Gasteiger charge is 2.41. The molecule has 6 nitrogen and oxygen atoms in total. The van der Waals surface area contributed by atoms with Crippen LogP contribution >= 0.6 is 0 Å². The number of non-ortho nitro benzene ring substituents is 1. The monoisotopic (exact) mass is 262 g/mol. The molecule has 0 saturated carbocycles. The van der Waals surface area contributed by atoms with Crippen molar-refractivity contribution < 1.29 is 9.72 Å². The van der Waals surface area contributed by atoms with Gasteiger partial charge in [-0.2, -0.15) is 10.0 Å². The number of piperidine rings is 1. The molecule has 0 bridgehead atoms. The highest BCUT2D eigenvalue weighted by atomic mass is 16.6. The maximum Gasteiger partial charge on any atom is 0.270 e. The van der Waals surface area contributed by atoms with Crippen LogP contribution in [0, 0.1) is 10.1 Å². The quantitative estimate of drug-likeness (QED) is 0.475. The number of benzene rings is 1. The summed E-state index contributed by atoms with van der Waals surface area (Å²) in [6, 6.07) is 4.88. The number of nitrogens with zero attached hydrogens (tertiary/aromatic N) is 2. The highest BCUT2D eigenvalue weighted by molar-refractivity contribution is 5.84. The van der Waals surface area contributed by atoms with Gasteiger partial charge in [0.05, 0.1) is 11.3 Å². The third kappa shape index (κ3) is 1.98. The molecule has 2 heterocycles. The van der Waals surface area contributed by atoms with Crippen molar-refractivity contribution >= 4 is 17.3 Å². The average Bonchev–Trinajstić information content (AvgIpc) is 2.38. The van der Waals surface area contributed by atoms with E-state index in [-0.39, 0.29) is 18.0 Å². The molecular formula is C13H16N3O3+. The van der Waals surface area contributed by atoms with Gasteiger partial charge in [0.2, 0.25) is 0 Å². The molecule has 6 heteroatoms. The van der Waals surface area contributed by atoms with Gasteiger partial charge in [0.15, 0.2) is 5.69 Å². The van der Waals surface area contributed by atoms with Crippen molar-refractivity contribution in [1.29, 1.82) is 0 Å². The fraction of sp³-hybridized carbons (Fsp3) is 0.462. The lowest BCUT2D eigenvalue weighted by Crippen LogP contribution is -2.66. The fourth-order valence-electron chi connectivity index (χ4n) is 3.16. The number of hydrogen-bond acceptors (Lipinski definition) is 3. The van der Waals surface area contributed by atoms with Crippen molar-refractivity contribution in [3.05, 3.63) is 33.9 Å². The first-order valence-electron chi connectivity index (χ1n) is 6.57. The van der Waals surface area contributed by atoms with Gasteiger partial charge in [-0.25, -0.2) is 0 Å². The molecule has 1 saturated heterocycles. The number of nitrogens with one attached hydrogen (secondary N) is 1. The first-order valence-corrected chi connectivity index (χ1v) is 6.57. The number of fused-ring (bicyclic) bond motifs is 2. The van der Waals surface area contributed by atoms with Crippen LogP contribution in [0.1, 0.15) is 24.8 Å². The Morgan fingerprint density at radius 1 is 1.21 bits per heavy atom. The summed E-state index contributed by atoms with van der Waals surface area (Å²) >= 11 is 0. The molecule has 1 amide bonds. The lowest BCUT2D eigenvalue weighted by Gasteiger charge is -2.42. The molecule has 1 aromatic rings. The Kier molecular flexibility index (Phi) is 2.74. The smallest absolute Gasteiger partial charge is 0.270 e. The summed E-state index contributed by atoms with van der Waals surface area (Å²) in [5.74, 6) is -0.0464. The number of quaternary nitrogens is 1. The van der Waals surface area contributed by atoms with E-state index in [1.807, 2.05) is 0 Å². The van der Waals surface area contributed by atoms with E-state index in [1.54, 1.807) is 12.1 Å². The molecule has 0 atom stereocenters. The molecule has 2 aliphatic heterocycles. The number of amides is 1. The molecule has 0 aliphatic carbocycles. The zero-order chi connectivity index (χ0) is 13.5.